The second kappa shape index (κ2) is 5.98. The number of carbonyl (C=O) groups excluding carboxylic acids is 1. The highest BCUT2D eigenvalue weighted by Gasteiger charge is 2.27. The summed E-state index contributed by atoms with van der Waals surface area (Å²) in [6.45, 7) is 4.01. The van der Waals surface area contributed by atoms with Gasteiger partial charge >= 0.3 is 0 Å². The van der Waals surface area contributed by atoms with E-state index >= 15 is 0 Å². The van der Waals surface area contributed by atoms with Gasteiger partial charge in [0.15, 0.2) is 0 Å². The fourth-order valence-corrected chi connectivity index (χ4v) is 1.63. The van der Waals surface area contributed by atoms with Gasteiger partial charge in [0.2, 0.25) is 5.91 Å². The van der Waals surface area contributed by atoms with Crippen LogP contribution in [-0.2, 0) is 9.53 Å². The number of nitrogens with one attached hydrogen (secondary N) is 1. The largest absolute Gasteiger partial charge is 0.378 e. The standard InChI is InChI=1S/C10H20N2O2/c1-8-6-9(7-14-8)10(13)12-5-3-2-4-11/h8-9H,2-7,11H2,1H3,(H,12,13). The predicted octanol–water partition coefficient (Wildman–Crippen LogP) is 0.267. The smallest absolute Gasteiger partial charge is 0.225 e. The molecule has 3 N–H and O–H groups in total. The summed E-state index contributed by atoms with van der Waals surface area (Å²) < 4.78 is 5.33. The molecule has 0 aromatic rings. The molecule has 4 heteroatoms. The van der Waals surface area contributed by atoms with E-state index in [9.17, 15) is 4.79 Å². The van der Waals surface area contributed by atoms with Crippen molar-refractivity contribution >= 4 is 5.91 Å². The van der Waals surface area contributed by atoms with Crippen LogP contribution in [0, 0.1) is 5.92 Å². The summed E-state index contributed by atoms with van der Waals surface area (Å²) in [5.41, 5.74) is 5.35. The van der Waals surface area contributed by atoms with Gasteiger partial charge in [-0.25, -0.2) is 0 Å². The highest BCUT2D eigenvalue weighted by atomic mass is 16.5. The van der Waals surface area contributed by atoms with E-state index in [0.717, 1.165) is 25.8 Å². The molecule has 1 saturated heterocycles. The molecule has 1 amide bonds. The molecule has 1 rings (SSSR count). The fraction of sp³-hybridized carbons (Fsp3) is 0.900. The van der Waals surface area contributed by atoms with E-state index in [2.05, 4.69) is 5.32 Å². The number of nitrogens with two attached hydrogens (primary N) is 1. The molecule has 82 valence electrons. The van der Waals surface area contributed by atoms with Gasteiger partial charge in [0.05, 0.1) is 18.6 Å². The van der Waals surface area contributed by atoms with Crippen LogP contribution in [0.25, 0.3) is 0 Å². The van der Waals surface area contributed by atoms with E-state index < -0.39 is 0 Å². The number of carbonyl (C=O) groups is 1. The summed E-state index contributed by atoms with van der Waals surface area (Å²) in [7, 11) is 0. The maximum absolute atomic E-state index is 11.5. The van der Waals surface area contributed by atoms with Crippen molar-refractivity contribution in [2.75, 3.05) is 19.7 Å². The lowest BCUT2D eigenvalue weighted by Gasteiger charge is -2.08. The van der Waals surface area contributed by atoms with Crippen LogP contribution < -0.4 is 11.1 Å². The highest BCUT2D eigenvalue weighted by Crippen LogP contribution is 2.18. The van der Waals surface area contributed by atoms with Crippen molar-refractivity contribution in [3.05, 3.63) is 0 Å². The first kappa shape index (κ1) is 11.5. The lowest BCUT2D eigenvalue weighted by atomic mass is 10.1. The minimum Gasteiger partial charge on any atom is -0.378 e. The van der Waals surface area contributed by atoms with E-state index in [-0.39, 0.29) is 17.9 Å². The zero-order valence-corrected chi connectivity index (χ0v) is 8.79. The molecule has 1 fully saturated rings. The number of unbranched alkanes of at least 4 members (excludes halogenated alkanes) is 1. The van der Waals surface area contributed by atoms with Gasteiger partial charge in [-0.3, -0.25) is 4.79 Å². The van der Waals surface area contributed by atoms with Crippen molar-refractivity contribution in [3.63, 3.8) is 0 Å². The summed E-state index contributed by atoms with van der Waals surface area (Å²) in [6.07, 6.45) is 3.01. The molecule has 1 aliphatic rings. The van der Waals surface area contributed by atoms with Crippen LogP contribution in [0.5, 0.6) is 0 Å². The Balaban J connectivity index is 2.09. The first-order valence-corrected chi connectivity index (χ1v) is 5.33. The second-order valence-corrected chi connectivity index (χ2v) is 3.86. The fourth-order valence-electron chi connectivity index (χ4n) is 1.63. The molecule has 2 unspecified atom stereocenters. The van der Waals surface area contributed by atoms with Gasteiger partial charge in [-0.2, -0.15) is 0 Å². The van der Waals surface area contributed by atoms with Gasteiger partial charge in [-0.05, 0) is 32.7 Å². The Morgan fingerprint density at radius 2 is 2.36 bits per heavy atom. The Kier molecular flexibility index (Phi) is 4.90. The maximum atomic E-state index is 11.5. The van der Waals surface area contributed by atoms with Crippen LogP contribution in [0.2, 0.25) is 0 Å². The van der Waals surface area contributed by atoms with Crippen LogP contribution >= 0.6 is 0 Å². The summed E-state index contributed by atoms with van der Waals surface area (Å²) in [5.74, 6) is 0.189. The Hall–Kier alpha value is -0.610. The van der Waals surface area contributed by atoms with Gasteiger partial charge in [0.25, 0.3) is 0 Å². The first-order valence-electron chi connectivity index (χ1n) is 5.33. The van der Waals surface area contributed by atoms with Crippen LogP contribution in [-0.4, -0.2) is 31.7 Å². The third-order valence-corrected chi connectivity index (χ3v) is 2.50. The number of amides is 1. The van der Waals surface area contributed by atoms with Crippen LogP contribution in [0.3, 0.4) is 0 Å². The summed E-state index contributed by atoms with van der Waals surface area (Å²) in [4.78, 5) is 11.5. The van der Waals surface area contributed by atoms with Gasteiger partial charge in [0.1, 0.15) is 0 Å². The van der Waals surface area contributed by atoms with Crippen molar-refractivity contribution in [3.8, 4) is 0 Å². The maximum Gasteiger partial charge on any atom is 0.225 e. The number of hydrogen-bond acceptors (Lipinski definition) is 3. The summed E-state index contributed by atoms with van der Waals surface area (Å²) in [6, 6.07) is 0. The molecule has 0 saturated carbocycles. The molecular weight excluding hydrogens is 180 g/mol. The lowest BCUT2D eigenvalue weighted by molar-refractivity contribution is -0.124. The molecule has 4 nitrogen and oxygen atoms in total. The van der Waals surface area contributed by atoms with E-state index in [1.165, 1.54) is 0 Å². The van der Waals surface area contributed by atoms with E-state index in [4.69, 9.17) is 10.5 Å². The summed E-state index contributed by atoms with van der Waals surface area (Å²) >= 11 is 0. The Morgan fingerprint density at radius 3 is 2.93 bits per heavy atom. The molecule has 0 bridgehead atoms. The van der Waals surface area contributed by atoms with Crippen LogP contribution in [0.1, 0.15) is 26.2 Å². The van der Waals surface area contributed by atoms with Gasteiger partial charge in [-0.1, -0.05) is 0 Å². The first-order chi connectivity index (χ1) is 6.74. The minimum atomic E-state index is 0.0582. The lowest BCUT2D eigenvalue weighted by Crippen LogP contribution is -2.31. The number of rotatable bonds is 5. The zero-order valence-electron chi connectivity index (χ0n) is 8.79. The molecular formula is C10H20N2O2. The highest BCUT2D eigenvalue weighted by molar-refractivity contribution is 5.79. The van der Waals surface area contributed by atoms with Crippen molar-refractivity contribution in [1.29, 1.82) is 0 Å². The van der Waals surface area contributed by atoms with Gasteiger partial charge in [0, 0.05) is 6.54 Å². The third-order valence-electron chi connectivity index (χ3n) is 2.50. The topological polar surface area (TPSA) is 64.4 Å². The molecule has 0 aliphatic carbocycles. The Morgan fingerprint density at radius 1 is 1.57 bits per heavy atom. The van der Waals surface area contributed by atoms with Gasteiger partial charge in [-0.15, -0.1) is 0 Å². The molecule has 0 aromatic heterocycles. The normalized spacial score (nSPS) is 26.4. The third kappa shape index (κ3) is 3.64. The van der Waals surface area contributed by atoms with Crippen molar-refractivity contribution < 1.29 is 9.53 Å². The minimum absolute atomic E-state index is 0.0582. The monoisotopic (exact) mass is 200 g/mol. The van der Waals surface area contributed by atoms with E-state index in [1.807, 2.05) is 6.92 Å². The molecule has 14 heavy (non-hydrogen) atoms. The number of hydrogen-bond donors (Lipinski definition) is 2. The van der Waals surface area contributed by atoms with E-state index in [1.54, 1.807) is 0 Å². The predicted molar refractivity (Wildman–Crippen MR) is 54.8 cm³/mol. The molecule has 1 heterocycles. The Bertz CT molecular complexity index is 185. The van der Waals surface area contributed by atoms with Crippen molar-refractivity contribution in [2.24, 2.45) is 11.7 Å². The molecule has 0 spiro atoms. The average molecular weight is 200 g/mol. The van der Waals surface area contributed by atoms with Crippen LogP contribution in [0.4, 0.5) is 0 Å². The number of ether oxygens (including phenoxy) is 1. The van der Waals surface area contributed by atoms with Crippen molar-refractivity contribution in [1.82, 2.24) is 5.32 Å². The SMILES string of the molecule is CC1CC(C(=O)NCCCCN)CO1. The quantitative estimate of drug-likeness (QED) is 0.626. The van der Waals surface area contributed by atoms with E-state index in [0.29, 0.717) is 13.2 Å². The van der Waals surface area contributed by atoms with Crippen molar-refractivity contribution in [2.45, 2.75) is 32.3 Å². The Labute approximate surface area is 85.2 Å². The van der Waals surface area contributed by atoms with Crippen LogP contribution in [0.15, 0.2) is 0 Å². The van der Waals surface area contributed by atoms with Gasteiger partial charge < -0.3 is 15.8 Å². The average Bonchev–Trinajstić information content (AvgIpc) is 2.59. The zero-order chi connectivity index (χ0) is 10.4. The molecule has 0 radical (unpaired) electrons. The molecule has 2 atom stereocenters. The summed E-state index contributed by atoms with van der Waals surface area (Å²) in [5, 5.41) is 2.91. The molecule has 1 aliphatic heterocycles. The molecule has 0 aromatic carbocycles. The second-order valence-electron chi connectivity index (χ2n) is 3.86.